The summed E-state index contributed by atoms with van der Waals surface area (Å²) in [6, 6.07) is 3.69. The quantitative estimate of drug-likeness (QED) is 0.628. The molecule has 0 aliphatic carbocycles. The van der Waals surface area contributed by atoms with Gasteiger partial charge in [-0.05, 0) is 24.6 Å². The number of carboxylic acid groups (broad SMARTS) is 1. The highest BCUT2D eigenvalue weighted by atomic mass is 32.2. The van der Waals surface area contributed by atoms with Crippen LogP contribution >= 0.6 is 0 Å². The van der Waals surface area contributed by atoms with Gasteiger partial charge in [0, 0.05) is 25.9 Å². The average Bonchev–Trinajstić information content (AvgIpc) is 2.33. The molecular weight excluding hydrogens is 272 g/mol. The summed E-state index contributed by atoms with van der Waals surface area (Å²) in [5.74, 6) is -1.22. The lowest BCUT2D eigenvalue weighted by atomic mass is 10.2. The molecule has 0 saturated heterocycles. The zero-order valence-electron chi connectivity index (χ0n) is 10.4. The summed E-state index contributed by atoms with van der Waals surface area (Å²) in [6.07, 6.45) is 0.701. The number of primary sulfonamides is 1. The van der Waals surface area contributed by atoms with Crippen LogP contribution in [0.15, 0.2) is 23.1 Å². The number of sulfonamides is 1. The standard InChI is InChI=1S/C11H16N2O5S/c1-18-6-2-5-13-10-4-3-8(19(12,16)17)7-9(10)11(14)15/h3-4,7,13H,2,5-6H2,1H3,(H,14,15)(H2,12,16,17). The van der Waals surface area contributed by atoms with Crippen molar-refractivity contribution in [2.45, 2.75) is 11.3 Å². The Morgan fingerprint density at radius 2 is 2.16 bits per heavy atom. The molecule has 0 aliphatic rings. The molecule has 0 bridgehead atoms. The number of nitrogens with one attached hydrogen (secondary N) is 1. The number of anilines is 1. The van der Waals surface area contributed by atoms with E-state index >= 15 is 0 Å². The van der Waals surface area contributed by atoms with E-state index in [1.807, 2.05) is 0 Å². The number of carbonyl (C=O) groups is 1. The third-order valence-electron chi connectivity index (χ3n) is 2.39. The highest BCUT2D eigenvalue weighted by Gasteiger charge is 2.15. The van der Waals surface area contributed by atoms with Gasteiger partial charge in [-0.15, -0.1) is 0 Å². The summed E-state index contributed by atoms with van der Waals surface area (Å²) in [4.78, 5) is 10.9. The average molecular weight is 288 g/mol. The lowest BCUT2D eigenvalue weighted by molar-refractivity contribution is 0.0697. The van der Waals surface area contributed by atoms with E-state index in [9.17, 15) is 13.2 Å². The van der Waals surface area contributed by atoms with Gasteiger partial charge in [0.25, 0.3) is 0 Å². The van der Waals surface area contributed by atoms with Crippen molar-refractivity contribution in [2.75, 3.05) is 25.6 Å². The molecule has 7 nitrogen and oxygen atoms in total. The summed E-state index contributed by atoms with van der Waals surface area (Å²) in [7, 11) is -2.34. The summed E-state index contributed by atoms with van der Waals surface area (Å²) in [6.45, 7) is 1.06. The topological polar surface area (TPSA) is 119 Å². The van der Waals surface area contributed by atoms with Gasteiger partial charge in [-0.2, -0.15) is 0 Å². The van der Waals surface area contributed by atoms with Crippen molar-refractivity contribution in [3.8, 4) is 0 Å². The number of hydrogen-bond acceptors (Lipinski definition) is 5. The van der Waals surface area contributed by atoms with E-state index in [4.69, 9.17) is 15.0 Å². The van der Waals surface area contributed by atoms with E-state index in [1.54, 1.807) is 7.11 Å². The van der Waals surface area contributed by atoms with Gasteiger partial charge >= 0.3 is 5.97 Å². The van der Waals surface area contributed by atoms with Gasteiger partial charge in [0.2, 0.25) is 10.0 Å². The molecule has 0 amide bonds. The van der Waals surface area contributed by atoms with Crippen molar-refractivity contribution >= 4 is 21.7 Å². The van der Waals surface area contributed by atoms with Crippen LogP contribution in [-0.2, 0) is 14.8 Å². The van der Waals surface area contributed by atoms with Gasteiger partial charge in [0.1, 0.15) is 0 Å². The maximum Gasteiger partial charge on any atom is 0.337 e. The molecule has 106 valence electrons. The number of carboxylic acids is 1. The molecule has 4 N–H and O–H groups in total. The number of methoxy groups -OCH3 is 1. The Hall–Kier alpha value is -1.64. The molecule has 0 aliphatic heterocycles. The largest absolute Gasteiger partial charge is 0.478 e. The Morgan fingerprint density at radius 3 is 2.68 bits per heavy atom. The molecule has 1 rings (SSSR count). The normalized spacial score (nSPS) is 11.3. The second-order valence-corrected chi connectivity index (χ2v) is 5.39. The molecule has 0 radical (unpaired) electrons. The molecule has 8 heteroatoms. The van der Waals surface area contributed by atoms with Crippen molar-refractivity contribution in [1.82, 2.24) is 0 Å². The fourth-order valence-corrected chi connectivity index (χ4v) is 2.01. The summed E-state index contributed by atoms with van der Waals surface area (Å²) in [5, 5.41) is 16.9. The van der Waals surface area contributed by atoms with Crippen molar-refractivity contribution in [3.63, 3.8) is 0 Å². The Bertz CT molecular complexity index is 556. The van der Waals surface area contributed by atoms with Crippen LogP contribution in [0.5, 0.6) is 0 Å². The number of rotatable bonds is 7. The molecule has 0 spiro atoms. The van der Waals surface area contributed by atoms with Crippen LogP contribution in [-0.4, -0.2) is 39.8 Å². The fourth-order valence-electron chi connectivity index (χ4n) is 1.47. The molecule has 0 atom stereocenters. The molecule has 1 aromatic rings. The van der Waals surface area contributed by atoms with E-state index < -0.39 is 16.0 Å². The first kappa shape index (κ1) is 15.4. The van der Waals surface area contributed by atoms with Crippen molar-refractivity contribution in [3.05, 3.63) is 23.8 Å². The molecular formula is C11H16N2O5S. The van der Waals surface area contributed by atoms with Gasteiger partial charge in [0.15, 0.2) is 0 Å². The Morgan fingerprint density at radius 1 is 1.47 bits per heavy atom. The van der Waals surface area contributed by atoms with Crippen molar-refractivity contribution in [1.29, 1.82) is 0 Å². The lowest BCUT2D eigenvalue weighted by Crippen LogP contribution is -2.15. The Labute approximate surface area is 111 Å². The minimum absolute atomic E-state index is 0.135. The van der Waals surface area contributed by atoms with Crippen molar-refractivity contribution < 1.29 is 23.1 Å². The molecule has 19 heavy (non-hydrogen) atoms. The number of ether oxygens (including phenoxy) is 1. The first-order chi connectivity index (χ1) is 8.86. The van der Waals surface area contributed by atoms with Crippen LogP contribution in [0.3, 0.4) is 0 Å². The van der Waals surface area contributed by atoms with Crippen LogP contribution in [0.2, 0.25) is 0 Å². The third kappa shape index (κ3) is 4.51. The van der Waals surface area contributed by atoms with E-state index in [-0.39, 0.29) is 10.5 Å². The van der Waals surface area contributed by atoms with E-state index in [0.717, 1.165) is 6.07 Å². The van der Waals surface area contributed by atoms with Crippen molar-refractivity contribution in [2.24, 2.45) is 5.14 Å². The molecule has 0 aromatic heterocycles. The Balaban J connectivity index is 2.96. The number of aromatic carboxylic acids is 1. The zero-order chi connectivity index (χ0) is 14.5. The van der Waals surface area contributed by atoms with E-state index in [2.05, 4.69) is 5.32 Å². The Kier molecular flexibility index (Phi) is 5.28. The second-order valence-electron chi connectivity index (χ2n) is 3.83. The van der Waals surface area contributed by atoms with Crippen LogP contribution in [0.1, 0.15) is 16.8 Å². The first-order valence-corrected chi connectivity index (χ1v) is 7.04. The summed E-state index contributed by atoms with van der Waals surface area (Å²) in [5.41, 5.74) is 0.208. The van der Waals surface area contributed by atoms with Gasteiger partial charge in [-0.1, -0.05) is 0 Å². The predicted molar refractivity (Wildman–Crippen MR) is 69.8 cm³/mol. The highest BCUT2D eigenvalue weighted by molar-refractivity contribution is 7.89. The van der Waals surface area contributed by atoms with Crippen LogP contribution < -0.4 is 10.5 Å². The predicted octanol–water partition coefficient (Wildman–Crippen LogP) is 0.481. The van der Waals surface area contributed by atoms with Crippen LogP contribution in [0.4, 0.5) is 5.69 Å². The number of nitrogens with two attached hydrogens (primary N) is 1. The molecule has 0 unspecified atom stereocenters. The van der Waals surface area contributed by atoms with Gasteiger partial charge in [0.05, 0.1) is 10.5 Å². The molecule has 1 aromatic carbocycles. The number of hydrogen-bond donors (Lipinski definition) is 3. The highest BCUT2D eigenvalue weighted by Crippen LogP contribution is 2.20. The maximum atomic E-state index is 11.2. The van der Waals surface area contributed by atoms with Gasteiger partial charge in [-0.3, -0.25) is 0 Å². The molecule has 0 heterocycles. The number of benzene rings is 1. The third-order valence-corrected chi connectivity index (χ3v) is 3.30. The summed E-state index contributed by atoms with van der Waals surface area (Å²) >= 11 is 0. The SMILES string of the molecule is COCCCNc1ccc(S(N)(=O)=O)cc1C(=O)O. The second kappa shape index (κ2) is 6.50. The van der Waals surface area contributed by atoms with Gasteiger partial charge in [-0.25, -0.2) is 18.4 Å². The maximum absolute atomic E-state index is 11.2. The minimum atomic E-state index is -3.92. The molecule has 0 saturated carbocycles. The molecule has 0 fully saturated rings. The fraction of sp³-hybridized carbons (Fsp3) is 0.364. The van der Waals surface area contributed by atoms with Crippen LogP contribution in [0, 0.1) is 0 Å². The monoisotopic (exact) mass is 288 g/mol. The van der Waals surface area contributed by atoms with Gasteiger partial charge < -0.3 is 15.2 Å². The minimum Gasteiger partial charge on any atom is -0.478 e. The van der Waals surface area contributed by atoms with E-state index in [0.29, 0.717) is 25.3 Å². The lowest BCUT2D eigenvalue weighted by Gasteiger charge is -2.10. The van der Waals surface area contributed by atoms with Crippen LogP contribution in [0.25, 0.3) is 0 Å². The first-order valence-electron chi connectivity index (χ1n) is 5.49. The zero-order valence-corrected chi connectivity index (χ0v) is 11.2. The van der Waals surface area contributed by atoms with E-state index in [1.165, 1.54) is 12.1 Å². The smallest absolute Gasteiger partial charge is 0.337 e. The summed E-state index contributed by atoms with van der Waals surface area (Å²) < 4.78 is 27.2.